The van der Waals surface area contributed by atoms with Gasteiger partial charge in [0.2, 0.25) is 0 Å². The van der Waals surface area contributed by atoms with Crippen molar-refractivity contribution in [1.29, 1.82) is 0 Å². The van der Waals surface area contributed by atoms with Crippen LogP contribution in [0.3, 0.4) is 0 Å². The fourth-order valence-electron chi connectivity index (χ4n) is 3.23. The molecule has 0 bridgehead atoms. The summed E-state index contributed by atoms with van der Waals surface area (Å²) in [7, 11) is 1.84. The molecule has 0 amide bonds. The van der Waals surface area contributed by atoms with Crippen LogP contribution in [0.5, 0.6) is 0 Å². The summed E-state index contributed by atoms with van der Waals surface area (Å²) in [6.45, 7) is 15.4. The van der Waals surface area contributed by atoms with E-state index in [1.807, 2.05) is 7.05 Å². The molecule has 0 saturated carbocycles. The average Bonchev–Trinajstić information content (AvgIpc) is 2.64. The van der Waals surface area contributed by atoms with Gasteiger partial charge in [0.05, 0.1) is 0 Å². The molecular formula is C20H36IN5. The van der Waals surface area contributed by atoms with Gasteiger partial charge >= 0.3 is 0 Å². The normalized spacial score (nSPS) is 17.5. The minimum absolute atomic E-state index is 0. The van der Waals surface area contributed by atoms with E-state index in [0.29, 0.717) is 5.92 Å². The van der Waals surface area contributed by atoms with Crippen LogP contribution in [-0.2, 0) is 0 Å². The summed E-state index contributed by atoms with van der Waals surface area (Å²) in [4.78, 5) is 9.39. The number of hydrogen-bond acceptors (Lipinski definition) is 3. The van der Waals surface area contributed by atoms with E-state index >= 15 is 0 Å². The van der Waals surface area contributed by atoms with Gasteiger partial charge in [-0.25, -0.2) is 0 Å². The number of hydrogen-bond donors (Lipinski definition) is 2. The molecule has 0 aliphatic carbocycles. The molecule has 1 unspecified atom stereocenters. The molecule has 2 N–H and O–H groups in total. The Bertz CT molecular complexity index is 541. The van der Waals surface area contributed by atoms with Crippen LogP contribution in [0, 0.1) is 6.92 Å². The third-order valence-electron chi connectivity index (χ3n) is 5.04. The van der Waals surface area contributed by atoms with Gasteiger partial charge in [0.1, 0.15) is 0 Å². The first-order valence-corrected chi connectivity index (χ1v) is 9.58. The Morgan fingerprint density at radius 3 is 2.46 bits per heavy atom. The Labute approximate surface area is 176 Å². The van der Waals surface area contributed by atoms with Crippen molar-refractivity contribution < 1.29 is 0 Å². The number of nitrogens with one attached hydrogen (secondary N) is 2. The second-order valence-electron chi connectivity index (χ2n) is 6.97. The molecule has 2 rings (SSSR count). The SMILES string of the molecule is CCN1CCN(CCNC(=NC)NCC(C)c2cccc(C)c2)CC1.I. The zero-order valence-corrected chi connectivity index (χ0v) is 19.1. The van der Waals surface area contributed by atoms with E-state index in [1.54, 1.807) is 0 Å². The fourth-order valence-corrected chi connectivity index (χ4v) is 3.23. The van der Waals surface area contributed by atoms with Crippen LogP contribution in [0.1, 0.15) is 30.9 Å². The van der Waals surface area contributed by atoms with E-state index in [9.17, 15) is 0 Å². The number of aliphatic imine (C=N–C) groups is 1. The maximum Gasteiger partial charge on any atom is 0.191 e. The maximum atomic E-state index is 4.35. The minimum Gasteiger partial charge on any atom is -0.356 e. The van der Waals surface area contributed by atoms with E-state index in [1.165, 1.54) is 43.9 Å². The highest BCUT2D eigenvalue weighted by molar-refractivity contribution is 14.0. The highest BCUT2D eigenvalue weighted by Crippen LogP contribution is 2.15. The maximum absolute atomic E-state index is 4.35. The molecule has 26 heavy (non-hydrogen) atoms. The lowest BCUT2D eigenvalue weighted by Gasteiger charge is -2.34. The highest BCUT2D eigenvalue weighted by atomic mass is 127. The van der Waals surface area contributed by atoms with Crippen molar-refractivity contribution in [1.82, 2.24) is 20.4 Å². The van der Waals surface area contributed by atoms with Crippen LogP contribution in [0.15, 0.2) is 29.3 Å². The lowest BCUT2D eigenvalue weighted by molar-refractivity contribution is 0.139. The predicted octanol–water partition coefficient (Wildman–Crippen LogP) is 2.52. The van der Waals surface area contributed by atoms with E-state index < -0.39 is 0 Å². The summed E-state index contributed by atoms with van der Waals surface area (Å²) >= 11 is 0. The number of nitrogens with zero attached hydrogens (tertiary/aromatic N) is 3. The summed E-state index contributed by atoms with van der Waals surface area (Å²) in [5, 5.41) is 6.90. The summed E-state index contributed by atoms with van der Waals surface area (Å²) in [5.74, 6) is 1.35. The second-order valence-corrected chi connectivity index (χ2v) is 6.97. The van der Waals surface area contributed by atoms with Gasteiger partial charge in [-0.1, -0.05) is 43.7 Å². The second kappa shape index (κ2) is 12.5. The largest absolute Gasteiger partial charge is 0.356 e. The van der Waals surface area contributed by atoms with Crippen LogP contribution in [0.25, 0.3) is 0 Å². The van der Waals surface area contributed by atoms with Gasteiger partial charge in [-0.15, -0.1) is 24.0 Å². The quantitative estimate of drug-likeness (QED) is 0.363. The predicted molar refractivity (Wildman–Crippen MR) is 123 cm³/mol. The zero-order valence-electron chi connectivity index (χ0n) is 16.8. The average molecular weight is 473 g/mol. The van der Waals surface area contributed by atoms with Crippen molar-refractivity contribution in [2.24, 2.45) is 4.99 Å². The number of halogens is 1. The summed E-state index contributed by atoms with van der Waals surface area (Å²) in [6, 6.07) is 8.74. The number of benzene rings is 1. The van der Waals surface area contributed by atoms with Gasteiger partial charge in [0, 0.05) is 52.9 Å². The lowest BCUT2D eigenvalue weighted by atomic mass is 9.99. The van der Waals surface area contributed by atoms with E-state index in [2.05, 4.69) is 70.5 Å². The summed E-state index contributed by atoms with van der Waals surface area (Å²) < 4.78 is 0. The Kier molecular flexibility index (Phi) is 11.2. The standard InChI is InChI=1S/C20H35N5.HI/c1-5-24-11-13-25(14-12-24)10-9-22-20(21-4)23-16-18(3)19-8-6-7-17(2)15-19;/h6-8,15,18H,5,9-14,16H2,1-4H3,(H2,21,22,23);1H. The van der Waals surface area contributed by atoms with Gasteiger partial charge in [-0.2, -0.15) is 0 Å². The zero-order chi connectivity index (χ0) is 18.1. The number of piperazine rings is 1. The van der Waals surface area contributed by atoms with Gasteiger partial charge < -0.3 is 15.5 Å². The van der Waals surface area contributed by atoms with Crippen molar-refractivity contribution >= 4 is 29.9 Å². The van der Waals surface area contributed by atoms with E-state index in [-0.39, 0.29) is 24.0 Å². The number of rotatable bonds is 7. The molecular weight excluding hydrogens is 437 g/mol. The molecule has 5 nitrogen and oxygen atoms in total. The van der Waals surface area contributed by atoms with Gasteiger partial charge in [-0.3, -0.25) is 9.89 Å². The first-order chi connectivity index (χ1) is 12.1. The van der Waals surface area contributed by atoms with Crippen molar-refractivity contribution in [3.63, 3.8) is 0 Å². The molecule has 1 aliphatic rings. The number of guanidine groups is 1. The van der Waals surface area contributed by atoms with Gasteiger partial charge in [0.25, 0.3) is 0 Å². The summed E-state index contributed by atoms with van der Waals surface area (Å²) in [6.07, 6.45) is 0. The van der Waals surface area contributed by atoms with E-state index in [4.69, 9.17) is 0 Å². The Morgan fingerprint density at radius 2 is 1.85 bits per heavy atom. The Balaban J connectivity index is 0.00000338. The lowest BCUT2D eigenvalue weighted by Crippen LogP contribution is -2.49. The summed E-state index contributed by atoms with van der Waals surface area (Å²) in [5.41, 5.74) is 2.69. The minimum atomic E-state index is 0. The monoisotopic (exact) mass is 473 g/mol. The van der Waals surface area contributed by atoms with Crippen molar-refractivity contribution in [2.75, 3.05) is 59.4 Å². The van der Waals surface area contributed by atoms with Crippen LogP contribution < -0.4 is 10.6 Å². The molecule has 6 heteroatoms. The van der Waals surface area contributed by atoms with Gasteiger partial charge in [0.15, 0.2) is 5.96 Å². The molecule has 1 saturated heterocycles. The van der Waals surface area contributed by atoms with Crippen LogP contribution in [0.2, 0.25) is 0 Å². The highest BCUT2D eigenvalue weighted by Gasteiger charge is 2.14. The number of aryl methyl sites for hydroxylation is 1. The van der Waals surface area contributed by atoms with Crippen molar-refractivity contribution in [2.45, 2.75) is 26.7 Å². The molecule has 1 heterocycles. The topological polar surface area (TPSA) is 42.9 Å². The van der Waals surface area contributed by atoms with Crippen LogP contribution >= 0.6 is 24.0 Å². The smallest absolute Gasteiger partial charge is 0.191 e. The van der Waals surface area contributed by atoms with E-state index in [0.717, 1.165) is 25.6 Å². The molecule has 0 spiro atoms. The number of likely N-dealkylation sites (N-methyl/N-ethyl adjacent to an activating group) is 1. The molecule has 148 valence electrons. The Morgan fingerprint density at radius 1 is 1.15 bits per heavy atom. The molecule has 1 fully saturated rings. The molecule has 0 radical (unpaired) electrons. The van der Waals surface area contributed by atoms with Crippen LogP contribution in [0.4, 0.5) is 0 Å². The van der Waals surface area contributed by atoms with Gasteiger partial charge in [-0.05, 0) is 24.9 Å². The molecule has 0 aromatic heterocycles. The van der Waals surface area contributed by atoms with Crippen LogP contribution in [-0.4, -0.2) is 75.2 Å². The first kappa shape index (κ1) is 23.2. The third kappa shape index (κ3) is 7.80. The molecule has 1 atom stereocenters. The van der Waals surface area contributed by atoms with Crippen molar-refractivity contribution in [3.05, 3.63) is 35.4 Å². The molecule has 1 aromatic carbocycles. The first-order valence-electron chi connectivity index (χ1n) is 9.58. The fraction of sp³-hybridized carbons (Fsp3) is 0.650. The molecule has 1 aromatic rings. The Hall–Kier alpha value is -0.860. The molecule has 1 aliphatic heterocycles. The third-order valence-corrected chi connectivity index (χ3v) is 5.04. The van der Waals surface area contributed by atoms with Crippen molar-refractivity contribution in [3.8, 4) is 0 Å².